The molecule has 1 aromatic carbocycles. The number of nitrogens with zero attached hydrogens (tertiary/aromatic N) is 1. The standard InChI is InChI=1S/C10H11N3O.C2H6/c11-4-7-1-2-9(12)10(3-7)13-8-5-14-6-8;1-2/h1-3,8,13H,5-6,12H2;1-2H3. The average Bonchev–Trinajstić information content (AvgIpc) is 2.28. The minimum Gasteiger partial charge on any atom is -0.397 e. The third-order valence-electron chi connectivity index (χ3n) is 2.18. The highest BCUT2D eigenvalue weighted by Crippen LogP contribution is 2.21. The third kappa shape index (κ3) is 2.88. The van der Waals surface area contributed by atoms with Crippen LogP contribution in [0.4, 0.5) is 11.4 Å². The number of nitrogens with two attached hydrogens (primary N) is 1. The van der Waals surface area contributed by atoms with E-state index in [1.807, 2.05) is 13.8 Å². The number of anilines is 2. The first-order valence-electron chi connectivity index (χ1n) is 5.43. The maximum atomic E-state index is 8.71. The Bertz CT molecular complexity index is 380. The van der Waals surface area contributed by atoms with E-state index in [0.717, 1.165) is 5.69 Å². The van der Waals surface area contributed by atoms with Crippen molar-refractivity contribution >= 4 is 11.4 Å². The molecule has 86 valence electrons. The van der Waals surface area contributed by atoms with E-state index in [0.29, 0.717) is 30.5 Å². The Morgan fingerprint density at radius 1 is 1.44 bits per heavy atom. The van der Waals surface area contributed by atoms with Gasteiger partial charge in [0.1, 0.15) is 0 Å². The molecule has 0 aliphatic carbocycles. The van der Waals surface area contributed by atoms with Gasteiger partial charge in [0.2, 0.25) is 0 Å². The van der Waals surface area contributed by atoms with Crippen molar-refractivity contribution in [2.24, 2.45) is 0 Å². The molecule has 4 heteroatoms. The maximum Gasteiger partial charge on any atom is 0.0992 e. The Morgan fingerprint density at radius 2 is 2.12 bits per heavy atom. The van der Waals surface area contributed by atoms with E-state index >= 15 is 0 Å². The van der Waals surface area contributed by atoms with E-state index in [4.69, 9.17) is 15.7 Å². The summed E-state index contributed by atoms with van der Waals surface area (Å²) in [5, 5.41) is 11.9. The summed E-state index contributed by atoms with van der Waals surface area (Å²) in [5.41, 5.74) is 7.85. The topological polar surface area (TPSA) is 71.1 Å². The van der Waals surface area contributed by atoms with Crippen LogP contribution in [-0.2, 0) is 4.74 Å². The number of nitriles is 1. The van der Waals surface area contributed by atoms with Gasteiger partial charge in [-0.2, -0.15) is 5.26 Å². The predicted octanol–water partition coefficient (Wildman–Crippen LogP) is 1.98. The van der Waals surface area contributed by atoms with E-state index in [1.165, 1.54) is 0 Å². The normalized spacial score (nSPS) is 14.1. The third-order valence-corrected chi connectivity index (χ3v) is 2.18. The van der Waals surface area contributed by atoms with Crippen molar-refractivity contribution in [2.75, 3.05) is 24.3 Å². The molecule has 1 heterocycles. The zero-order valence-electron chi connectivity index (χ0n) is 9.66. The summed E-state index contributed by atoms with van der Waals surface area (Å²) in [7, 11) is 0. The van der Waals surface area contributed by atoms with E-state index in [2.05, 4.69) is 11.4 Å². The van der Waals surface area contributed by atoms with E-state index < -0.39 is 0 Å². The smallest absolute Gasteiger partial charge is 0.0992 e. The molecule has 16 heavy (non-hydrogen) atoms. The minimum absolute atomic E-state index is 0.325. The Balaban J connectivity index is 0.000000606. The van der Waals surface area contributed by atoms with Crippen LogP contribution in [0.5, 0.6) is 0 Å². The molecule has 0 atom stereocenters. The predicted molar refractivity (Wildman–Crippen MR) is 65.1 cm³/mol. The summed E-state index contributed by atoms with van der Waals surface area (Å²) >= 11 is 0. The molecule has 0 radical (unpaired) electrons. The summed E-state index contributed by atoms with van der Waals surface area (Å²) in [6.45, 7) is 5.41. The fourth-order valence-corrected chi connectivity index (χ4v) is 1.29. The molecule has 0 unspecified atom stereocenters. The van der Waals surface area contributed by atoms with Gasteiger partial charge in [-0.25, -0.2) is 0 Å². The fourth-order valence-electron chi connectivity index (χ4n) is 1.29. The fraction of sp³-hybridized carbons (Fsp3) is 0.417. The summed E-state index contributed by atoms with van der Waals surface area (Å²) in [4.78, 5) is 0. The van der Waals surface area contributed by atoms with Gasteiger partial charge in [0.15, 0.2) is 0 Å². The van der Waals surface area contributed by atoms with Crippen molar-refractivity contribution in [1.29, 1.82) is 5.26 Å². The molecular formula is C12H17N3O. The Morgan fingerprint density at radius 3 is 2.62 bits per heavy atom. The Hall–Kier alpha value is -1.73. The van der Waals surface area contributed by atoms with Crippen LogP contribution in [-0.4, -0.2) is 19.3 Å². The molecule has 2 rings (SSSR count). The van der Waals surface area contributed by atoms with E-state index in [1.54, 1.807) is 18.2 Å². The van der Waals surface area contributed by atoms with Crippen molar-refractivity contribution in [2.45, 2.75) is 19.9 Å². The van der Waals surface area contributed by atoms with Crippen molar-refractivity contribution in [3.05, 3.63) is 23.8 Å². The van der Waals surface area contributed by atoms with Gasteiger partial charge in [0.25, 0.3) is 0 Å². The lowest BCUT2D eigenvalue weighted by Gasteiger charge is -2.28. The first-order valence-corrected chi connectivity index (χ1v) is 5.43. The number of ether oxygens (including phenoxy) is 1. The van der Waals surface area contributed by atoms with Gasteiger partial charge in [0.05, 0.1) is 42.3 Å². The maximum absolute atomic E-state index is 8.71. The van der Waals surface area contributed by atoms with Crippen LogP contribution in [0, 0.1) is 11.3 Å². The molecule has 0 aromatic heterocycles. The number of nitrogens with one attached hydrogen (secondary N) is 1. The molecule has 0 amide bonds. The van der Waals surface area contributed by atoms with Gasteiger partial charge in [-0.3, -0.25) is 0 Å². The van der Waals surface area contributed by atoms with Crippen LogP contribution >= 0.6 is 0 Å². The highest BCUT2D eigenvalue weighted by atomic mass is 16.5. The van der Waals surface area contributed by atoms with Crippen LogP contribution in [0.1, 0.15) is 19.4 Å². The molecule has 0 spiro atoms. The second-order valence-electron chi connectivity index (χ2n) is 3.29. The monoisotopic (exact) mass is 219 g/mol. The van der Waals surface area contributed by atoms with E-state index in [9.17, 15) is 0 Å². The molecule has 1 aliphatic heterocycles. The lowest BCUT2D eigenvalue weighted by molar-refractivity contribution is 0.0211. The molecule has 0 bridgehead atoms. The number of rotatable bonds is 2. The molecule has 3 N–H and O–H groups in total. The van der Waals surface area contributed by atoms with Crippen LogP contribution in [0.3, 0.4) is 0 Å². The highest BCUT2D eigenvalue weighted by molar-refractivity contribution is 5.68. The lowest BCUT2D eigenvalue weighted by Crippen LogP contribution is -2.40. The van der Waals surface area contributed by atoms with Gasteiger partial charge in [-0.05, 0) is 18.2 Å². The lowest BCUT2D eigenvalue weighted by atomic mass is 10.1. The van der Waals surface area contributed by atoms with Crippen molar-refractivity contribution in [3.63, 3.8) is 0 Å². The van der Waals surface area contributed by atoms with Gasteiger partial charge in [-0.15, -0.1) is 0 Å². The minimum atomic E-state index is 0.325. The average molecular weight is 219 g/mol. The van der Waals surface area contributed by atoms with Gasteiger partial charge in [0, 0.05) is 0 Å². The van der Waals surface area contributed by atoms with Gasteiger partial charge < -0.3 is 15.8 Å². The molecule has 1 aromatic rings. The van der Waals surface area contributed by atoms with Crippen LogP contribution in [0.15, 0.2) is 18.2 Å². The second kappa shape index (κ2) is 5.99. The summed E-state index contributed by atoms with van der Waals surface area (Å²) in [6.07, 6.45) is 0. The van der Waals surface area contributed by atoms with Crippen LogP contribution in [0.25, 0.3) is 0 Å². The second-order valence-corrected chi connectivity index (χ2v) is 3.29. The van der Waals surface area contributed by atoms with Gasteiger partial charge >= 0.3 is 0 Å². The Labute approximate surface area is 96.0 Å². The van der Waals surface area contributed by atoms with Crippen molar-refractivity contribution < 1.29 is 4.74 Å². The van der Waals surface area contributed by atoms with E-state index in [-0.39, 0.29) is 0 Å². The highest BCUT2D eigenvalue weighted by Gasteiger charge is 2.18. The summed E-state index contributed by atoms with van der Waals surface area (Å²) in [6, 6.07) is 7.60. The number of hydrogen-bond donors (Lipinski definition) is 2. The number of hydrogen-bond acceptors (Lipinski definition) is 4. The first-order chi connectivity index (χ1) is 7.79. The molecule has 1 saturated heterocycles. The molecule has 1 fully saturated rings. The molecule has 4 nitrogen and oxygen atoms in total. The Kier molecular flexibility index (Phi) is 4.62. The zero-order chi connectivity index (χ0) is 12.0. The quantitative estimate of drug-likeness (QED) is 0.746. The number of nitrogen functional groups attached to an aromatic ring is 1. The van der Waals surface area contributed by atoms with Crippen molar-refractivity contribution in [3.8, 4) is 6.07 Å². The van der Waals surface area contributed by atoms with Crippen molar-refractivity contribution in [1.82, 2.24) is 0 Å². The van der Waals surface area contributed by atoms with Crippen LogP contribution in [0.2, 0.25) is 0 Å². The first kappa shape index (κ1) is 12.3. The zero-order valence-corrected chi connectivity index (χ0v) is 9.66. The SMILES string of the molecule is CC.N#Cc1ccc(N)c(NC2COC2)c1. The molecule has 0 saturated carbocycles. The molecular weight excluding hydrogens is 202 g/mol. The van der Waals surface area contributed by atoms with Gasteiger partial charge in [-0.1, -0.05) is 13.8 Å². The van der Waals surface area contributed by atoms with Crippen LogP contribution < -0.4 is 11.1 Å². The molecule has 1 aliphatic rings. The number of benzene rings is 1. The largest absolute Gasteiger partial charge is 0.397 e. The summed E-state index contributed by atoms with van der Waals surface area (Å²) in [5.74, 6) is 0. The summed E-state index contributed by atoms with van der Waals surface area (Å²) < 4.78 is 5.04.